The normalized spacial score (nSPS) is 23.6. The minimum absolute atomic E-state index is 0.228. The fourth-order valence-corrected chi connectivity index (χ4v) is 2.44. The molecule has 1 aliphatic heterocycles. The summed E-state index contributed by atoms with van der Waals surface area (Å²) in [7, 11) is 0. The van der Waals surface area contributed by atoms with Gasteiger partial charge in [-0.3, -0.25) is 0 Å². The van der Waals surface area contributed by atoms with Crippen LogP contribution in [0.2, 0.25) is 0 Å². The van der Waals surface area contributed by atoms with Gasteiger partial charge >= 0.3 is 0 Å². The number of oxime groups is 1. The molecule has 0 bridgehead atoms. The van der Waals surface area contributed by atoms with E-state index in [4.69, 9.17) is 10.9 Å². The lowest BCUT2D eigenvalue weighted by Crippen LogP contribution is -2.36. The van der Waals surface area contributed by atoms with Crippen LogP contribution >= 0.6 is 0 Å². The molecular weight excluding hydrogens is 226 g/mol. The van der Waals surface area contributed by atoms with Gasteiger partial charge in [0, 0.05) is 12.0 Å². The topological polar surface area (TPSA) is 61.8 Å². The average Bonchev–Trinajstić information content (AvgIpc) is 2.73. The molecule has 18 heavy (non-hydrogen) atoms. The summed E-state index contributed by atoms with van der Waals surface area (Å²) in [5.74, 6) is 1.11. The first-order valence-electron chi connectivity index (χ1n) is 6.87. The second-order valence-corrected chi connectivity index (χ2v) is 7.27. The summed E-state index contributed by atoms with van der Waals surface area (Å²) < 4.78 is 0. The lowest BCUT2D eigenvalue weighted by Gasteiger charge is -2.28. The van der Waals surface area contributed by atoms with Gasteiger partial charge in [0.25, 0.3) is 0 Å². The summed E-state index contributed by atoms with van der Waals surface area (Å²) in [5.41, 5.74) is 5.88. The Balaban J connectivity index is 2.43. The lowest BCUT2D eigenvalue weighted by molar-refractivity contribution is 0.219. The maximum Gasteiger partial charge on any atom is 0.144 e. The third kappa shape index (κ3) is 3.87. The van der Waals surface area contributed by atoms with Crippen molar-refractivity contribution in [1.29, 1.82) is 0 Å². The molecule has 0 amide bonds. The van der Waals surface area contributed by atoms with Crippen molar-refractivity contribution in [3.05, 3.63) is 0 Å². The Bertz CT molecular complexity index is 305. The first-order chi connectivity index (χ1) is 8.16. The van der Waals surface area contributed by atoms with Crippen molar-refractivity contribution < 1.29 is 5.21 Å². The molecule has 0 aromatic rings. The Morgan fingerprint density at radius 1 is 1.33 bits per heavy atom. The molecule has 1 unspecified atom stereocenters. The molecule has 1 heterocycles. The van der Waals surface area contributed by atoms with Crippen molar-refractivity contribution in [2.75, 3.05) is 19.6 Å². The minimum Gasteiger partial charge on any atom is -0.409 e. The van der Waals surface area contributed by atoms with Gasteiger partial charge in [-0.1, -0.05) is 39.8 Å². The van der Waals surface area contributed by atoms with Gasteiger partial charge in [-0.25, -0.2) is 0 Å². The van der Waals surface area contributed by atoms with Crippen LogP contribution in [0.25, 0.3) is 0 Å². The van der Waals surface area contributed by atoms with Crippen LogP contribution in [0.4, 0.5) is 0 Å². The van der Waals surface area contributed by atoms with Gasteiger partial charge < -0.3 is 15.8 Å². The van der Waals surface area contributed by atoms with Crippen molar-refractivity contribution >= 4 is 5.84 Å². The smallest absolute Gasteiger partial charge is 0.144 e. The third-order valence-electron chi connectivity index (χ3n) is 4.35. The molecule has 4 heteroatoms. The van der Waals surface area contributed by atoms with Gasteiger partial charge in [-0.2, -0.15) is 0 Å². The predicted octanol–water partition coefficient (Wildman–Crippen LogP) is 2.52. The van der Waals surface area contributed by atoms with E-state index in [0.717, 1.165) is 18.9 Å². The zero-order chi connectivity index (χ0) is 14.0. The Kier molecular flexibility index (Phi) is 4.65. The van der Waals surface area contributed by atoms with Crippen LogP contribution < -0.4 is 5.73 Å². The van der Waals surface area contributed by atoms with Crippen LogP contribution in [0.1, 0.15) is 47.5 Å². The number of nitrogens with zero attached hydrogens (tertiary/aromatic N) is 2. The Labute approximate surface area is 111 Å². The molecule has 4 nitrogen and oxygen atoms in total. The molecule has 0 aromatic carbocycles. The van der Waals surface area contributed by atoms with E-state index in [1.54, 1.807) is 0 Å². The lowest BCUT2D eigenvalue weighted by atomic mass is 9.80. The molecule has 0 saturated carbocycles. The van der Waals surface area contributed by atoms with Crippen LogP contribution in [0.15, 0.2) is 5.16 Å². The maximum absolute atomic E-state index is 8.76. The van der Waals surface area contributed by atoms with Gasteiger partial charge in [0.05, 0.1) is 0 Å². The van der Waals surface area contributed by atoms with Crippen molar-refractivity contribution in [3.63, 3.8) is 0 Å². The zero-order valence-corrected chi connectivity index (χ0v) is 12.5. The predicted molar refractivity (Wildman–Crippen MR) is 75.8 cm³/mol. The van der Waals surface area contributed by atoms with Crippen molar-refractivity contribution in [2.24, 2.45) is 27.6 Å². The molecule has 0 aliphatic carbocycles. The fraction of sp³-hybridized carbons (Fsp3) is 0.929. The molecule has 0 spiro atoms. The summed E-state index contributed by atoms with van der Waals surface area (Å²) in [6, 6.07) is 0. The quantitative estimate of drug-likeness (QED) is 0.351. The number of likely N-dealkylation sites (tertiary alicyclic amines) is 1. The average molecular weight is 255 g/mol. The number of nitrogens with two attached hydrogens (primary N) is 1. The van der Waals surface area contributed by atoms with Crippen LogP contribution in [0, 0.1) is 16.7 Å². The highest BCUT2D eigenvalue weighted by Gasteiger charge is 2.32. The standard InChI is InChI=1S/C14H29N3O/c1-13(2,3)11-6-8-17(10-11)9-7-14(4,5)12(15)16-18/h11,18H,6-10H2,1-5H3,(H2,15,16). The summed E-state index contributed by atoms with van der Waals surface area (Å²) in [5, 5.41) is 11.9. The number of hydrogen-bond acceptors (Lipinski definition) is 3. The Hall–Kier alpha value is -0.770. The van der Waals surface area contributed by atoms with Gasteiger partial charge in [-0.15, -0.1) is 0 Å². The summed E-state index contributed by atoms with van der Waals surface area (Å²) in [6.07, 6.45) is 2.22. The summed E-state index contributed by atoms with van der Waals surface area (Å²) in [4.78, 5) is 2.50. The highest BCUT2D eigenvalue weighted by molar-refractivity contribution is 5.85. The molecule has 106 valence electrons. The number of rotatable bonds is 4. The highest BCUT2D eigenvalue weighted by Crippen LogP contribution is 2.34. The van der Waals surface area contributed by atoms with E-state index in [0.29, 0.717) is 11.3 Å². The first-order valence-corrected chi connectivity index (χ1v) is 6.87. The number of amidine groups is 1. The van der Waals surface area contributed by atoms with E-state index in [1.165, 1.54) is 19.5 Å². The molecule has 1 saturated heterocycles. The van der Waals surface area contributed by atoms with E-state index in [2.05, 4.69) is 30.8 Å². The zero-order valence-electron chi connectivity index (χ0n) is 12.5. The molecule has 0 radical (unpaired) electrons. The Morgan fingerprint density at radius 3 is 2.39 bits per heavy atom. The van der Waals surface area contributed by atoms with Gasteiger partial charge in [0.2, 0.25) is 0 Å². The van der Waals surface area contributed by atoms with Crippen LogP contribution in [-0.4, -0.2) is 35.6 Å². The van der Waals surface area contributed by atoms with E-state index in [1.807, 2.05) is 13.8 Å². The second kappa shape index (κ2) is 5.47. The molecule has 1 atom stereocenters. The number of hydrogen-bond donors (Lipinski definition) is 2. The molecule has 1 fully saturated rings. The first kappa shape index (κ1) is 15.3. The van der Waals surface area contributed by atoms with Crippen LogP contribution in [0.3, 0.4) is 0 Å². The van der Waals surface area contributed by atoms with Gasteiger partial charge in [0.1, 0.15) is 5.84 Å². The van der Waals surface area contributed by atoms with E-state index >= 15 is 0 Å². The van der Waals surface area contributed by atoms with Crippen molar-refractivity contribution in [2.45, 2.75) is 47.5 Å². The SMILES string of the molecule is CC(C)(CCN1CCC(C(C)(C)C)C1)C(N)=NO. The largest absolute Gasteiger partial charge is 0.409 e. The summed E-state index contributed by atoms with van der Waals surface area (Å²) in [6.45, 7) is 14.4. The molecule has 1 aliphatic rings. The second-order valence-electron chi connectivity index (χ2n) is 7.27. The molecular formula is C14H29N3O. The maximum atomic E-state index is 8.76. The molecule has 0 aromatic heterocycles. The molecule has 1 rings (SSSR count). The van der Waals surface area contributed by atoms with Crippen molar-refractivity contribution in [1.82, 2.24) is 4.90 Å². The summed E-state index contributed by atoms with van der Waals surface area (Å²) >= 11 is 0. The highest BCUT2D eigenvalue weighted by atomic mass is 16.4. The van der Waals surface area contributed by atoms with E-state index in [9.17, 15) is 0 Å². The van der Waals surface area contributed by atoms with Gasteiger partial charge in [-0.05, 0) is 37.3 Å². The van der Waals surface area contributed by atoms with Crippen molar-refractivity contribution in [3.8, 4) is 0 Å². The van der Waals surface area contributed by atoms with E-state index < -0.39 is 0 Å². The van der Waals surface area contributed by atoms with Crippen LogP contribution in [-0.2, 0) is 0 Å². The van der Waals surface area contributed by atoms with E-state index in [-0.39, 0.29) is 5.41 Å². The fourth-order valence-electron chi connectivity index (χ4n) is 2.44. The molecule has 3 N–H and O–H groups in total. The minimum atomic E-state index is -0.228. The van der Waals surface area contributed by atoms with Crippen LogP contribution in [0.5, 0.6) is 0 Å². The monoisotopic (exact) mass is 255 g/mol. The third-order valence-corrected chi connectivity index (χ3v) is 4.35. The Morgan fingerprint density at radius 2 is 1.94 bits per heavy atom. The van der Waals surface area contributed by atoms with Gasteiger partial charge in [0.15, 0.2) is 0 Å².